The fraction of sp³-hybridized carbons (Fsp3) is 0.429. The summed E-state index contributed by atoms with van der Waals surface area (Å²) in [5, 5.41) is 0.762. The molecule has 0 spiro atoms. The molecule has 176 valence electrons. The average Bonchev–Trinajstić information content (AvgIpc) is 2.82. The molecule has 0 aliphatic heterocycles. The van der Waals surface area contributed by atoms with E-state index in [0.29, 0.717) is 23.5 Å². The quantitative estimate of drug-likeness (QED) is 0.111. The fourth-order valence-corrected chi connectivity index (χ4v) is 3.74. The Balaban J connectivity index is 1.35. The molecule has 0 atom stereocenters. The standard InChI is InChI=1S/C28H34O5/c1-2-3-4-5-6-7-8-9-10-11-20-31-24-16-13-23(14-17-24)28(30)32-25-18-12-22-15-19-27(29)33-26(22)21-25/h12-19,21H,2-11,20H2,1H3. The molecule has 1 heterocycles. The Kier molecular flexibility index (Phi) is 10.0. The minimum Gasteiger partial charge on any atom is -0.494 e. The topological polar surface area (TPSA) is 65.7 Å². The van der Waals surface area contributed by atoms with Crippen molar-refractivity contribution < 1.29 is 18.7 Å². The van der Waals surface area contributed by atoms with Crippen LogP contribution in [0.4, 0.5) is 0 Å². The van der Waals surface area contributed by atoms with Crippen LogP contribution in [0.25, 0.3) is 11.0 Å². The van der Waals surface area contributed by atoms with E-state index < -0.39 is 11.6 Å². The van der Waals surface area contributed by atoms with Crippen LogP contribution in [0.15, 0.2) is 63.8 Å². The largest absolute Gasteiger partial charge is 0.494 e. The molecule has 0 unspecified atom stereocenters. The van der Waals surface area contributed by atoms with Gasteiger partial charge in [-0.25, -0.2) is 9.59 Å². The highest BCUT2D eigenvalue weighted by molar-refractivity contribution is 5.91. The van der Waals surface area contributed by atoms with Crippen molar-refractivity contribution in [3.05, 3.63) is 70.6 Å². The number of unbranched alkanes of at least 4 members (excludes halogenated alkanes) is 9. The Morgan fingerprint density at radius 1 is 0.758 bits per heavy atom. The van der Waals surface area contributed by atoms with Crippen molar-refractivity contribution in [1.29, 1.82) is 0 Å². The zero-order valence-electron chi connectivity index (χ0n) is 19.5. The van der Waals surface area contributed by atoms with E-state index in [0.717, 1.165) is 17.6 Å². The Hall–Kier alpha value is -3.08. The molecule has 0 saturated carbocycles. The smallest absolute Gasteiger partial charge is 0.343 e. The molecule has 0 aliphatic carbocycles. The Morgan fingerprint density at radius 2 is 1.36 bits per heavy atom. The average molecular weight is 451 g/mol. The maximum absolute atomic E-state index is 12.4. The van der Waals surface area contributed by atoms with Gasteiger partial charge in [0.25, 0.3) is 0 Å². The van der Waals surface area contributed by atoms with Gasteiger partial charge < -0.3 is 13.9 Å². The summed E-state index contributed by atoms with van der Waals surface area (Å²) in [6.07, 6.45) is 12.9. The molecule has 3 rings (SSSR count). The van der Waals surface area contributed by atoms with E-state index in [1.54, 1.807) is 48.5 Å². The molecule has 5 heteroatoms. The molecule has 3 aromatic rings. The normalized spacial score (nSPS) is 10.9. The van der Waals surface area contributed by atoms with Crippen LogP contribution < -0.4 is 15.1 Å². The van der Waals surface area contributed by atoms with E-state index >= 15 is 0 Å². The lowest BCUT2D eigenvalue weighted by Crippen LogP contribution is -2.08. The van der Waals surface area contributed by atoms with Crippen molar-refractivity contribution in [2.24, 2.45) is 0 Å². The van der Waals surface area contributed by atoms with Crippen molar-refractivity contribution in [1.82, 2.24) is 0 Å². The summed E-state index contributed by atoms with van der Waals surface area (Å²) in [7, 11) is 0. The van der Waals surface area contributed by atoms with E-state index in [-0.39, 0.29) is 0 Å². The second-order valence-electron chi connectivity index (χ2n) is 8.40. The summed E-state index contributed by atoms with van der Waals surface area (Å²) in [5.74, 6) is 0.590. The number of hydrogen-bond acceptors (Lipinski definition) is 5. The SMILES string of the molecule is CCCCCCCCCCCCOc1ccc(C(=O)Oc2ccc3ccc(=O)oc3c2)cc1. The van der Waals surface area contributed by atoms with Crippen LogP contribution in [-0.2, 0) is 0 Å². The van der Waals surface area contributed by atoms with Gasteiger partial charge in [-0.05, 0) is 48.9 Å². The first-order valence-electron chi connectivity index (χ1n) is 12.1. The number of fused-ring (bicyclic) bond motifs is 1. The predicted octanol–water partition coefficient (Wildman–Crippen LogP) is 7.31. The Morgan fingerprint density at radius 3 is 2.06 bits per heavy atom. The van der Waals surface area contributed by atoms with E-state index in [2.05, 4.69) is 6.92 Å². The minimum absolute atomic E-state index is 0.322. The molecular formula is C28H34O5. The summed E-state index contributed by atoms with van der Waals surface area (Å²) in [6, 6.07) is 14.9. The first-order chi connectivity index (χ1) is 16.2. The molecule has 0 saturated heterocycles. The van der Waals surface area contributed by atoms with Gasteiger partial charge in [0.1, 0.15) is 17.1 Å². The zero-order valence-corrected chi connectivity index (χ0v) is 19.5. The van der Waals surface area contributed by atoms with Crippen molar-refractivity contribution in [2.75, 3.05) is 6.61 Å². The number of ether oxygens (including phenoxy) is 2. The summed E-state index contributed by atoms with van der Waals surface area (Å²) < 4.78 is 16.3. The lowest BCUT2D eigenvalue weighted by molar-refractivity contribution is 0.0735. The van der Waals surface area contributed by atoms with E-state index in [1.807, 2.05) is 0 Å². The van der Waals surface area contributed by atoms with E-state index in [4.69, 9.17) is 13.9 Å². The van der Waals surface area contributed by atoms with Crippen LogP contribution in [0, 0.1) is 0 Å². The fourth-order valence-electron chi connectivity index (χ4n) is 3.74. The van der Waals surface area contributed by atoms with Crippen molar-refractivity contribution in [3.8, 4) is 11.5 Å². The summed E-state index contributed by atoms with van der Waals surface area (Å²) in [4.78, 5) is 23.8. The monoisotopic (exact) mass is 450 g/mol. The number of benzene rings is 2. The number of carbonyl (C=O) groups excluding carboxylic acids is 1. The molecule has 1 aromatic heterocycles. The maximum Gasteiger partial charge on any atom is 0.343 e. The second kappa shape index (κ2) is 13.5. The first-order valence-corrected chi connectivity index (χ1v) is 12.1. The van der Waals surface area contributed by atoms with Crippen molar-refractivity contribution >= 4 is 16.9 Å². The summed E-state index contributed by atoms with van der Waals surface area (Å²) in [6.45, 7) is 2.93. The van der Waals surface area contributed by atoms with Crippen LogP contribution in [0.3, 0.4) is 0 Å². The molecular weight excluding hydrogens is 416 g/mol. The number of esters is 1. The third kappa shape index (κ3) is 8.41. The van der Waals surface area contributed by atoms with Crippen LogP contribution in [0.1, 0.15) is 81.5 Å². The lowest BCUT2D eigenvalue weighted by atomic mass is 10.1. The van der Waals surface area contributed by atoms with E-state index in [1.165, 1.54) is 63.9 Å². The lowest BCUT2D eigenvalue weighted by Gasteiger charge is -2.08. The van der Waals surface area contributed by atoms with Gasteiger partial charge >= 0.3 is 11.6 Å². The van der Waals surface area contributed by atoms with Crippen molar-refractivity contribution in [2.45, 2.75) is 71.1 Å². The highest BCUT2D eigenvalue weighted by atomic mass is 16.5. The molecule has 0 radical (unpaired) electrons. The van der Waals surface area contributed by atoms with E-state index in [9.17, 15) is 9.59 Å². The van der Waals surface area contributed by atoms with Gasteiger partial charge in [-0.15, -0.1) is 0 Å². The second-order valence-corrected chi connectivity index (χ2v) is 8.40. The molecule has 0 bridgehead atoms. The Labute approximate surface area is 195 Å². The number of rotatable bonds is 14. The van der Waals surface area contributed by atoms with Crippen LogP contribution in [0.2, 0.25) is 0 Å². The summed E-state index contributed by atoms with van der Waals surface area (Å²) in [5.41, 5.74) is 0.360. The molecule has 33 heavy (non-hydrogen) atoms. The molecule has 0 amide bonds. The number of carbonyl (C=O) groups is 1. The summed E-state index contributed by atoms with van der Waals surface area (Å²) >= 11 is 0. The molecule has 0 aliphatic rings. The van der Waals surface area contributed by atoms with Gasteiger partial charge in [0, 0.05) is 17.5 Å². The van der Waals surface area contributed by atoms with Gasteiger partial charge in [-0.3, -0.25) is 0 Å². The van der Waals surface area contributed by atoms with Gasteiger partial charge in [0.05, 0.1) is 12.2 Å². The van der Waals surface area contributed by atoms with Crippen LogP contribution >= 0.6 is 0 Å². The molecule has 5 nitrogen and oxygen atoms in total. The molecule has 2 aromatic carbocycles. The number of hydrogen-bond donors (Lipinski definition) is 0. The van der Waals surface area contributed by atoms with Gasteiger partial charge in [-0.1, -0.05) is 64.7 Å². The highest BCUT2D eigenvalue weighted by Crippen LogP contribution is 2.21. The van der Waals surface area contributed by atoms with Crippen LogP contribution in [-0.4, -0.2) is 12.6 Å². The van der Waals surface area contributed by atoms with Crippen LogP contribution in [0.5, 0.6) is 11.5 Å². The van der Waals surface area contributed by atoms with Gasteiger partial charge in [0.2, 0.25) is 0 Å². The highest BCUT2D eigenvalue weighted by Gasteiger charge is 2.10. The minimum atomic E-state index is -0.478. The van der Waals surface area contributed by atoms with Crippen molar-refractivity contribution in [3.63, 3.8) is 0 Å². The Bertz CT molecular complexity index is 1050. The third-order valence-corrected chi connectivity index (χ3v) is 5.66. The maximum atomic E-state index is 12.4. The van der Waals surface area contributed by atoms with Gasteiger partial charge in [-0.2, -0.15) is 0 Å². The molecule has 0 fully saturated rings. The zero-order chi connectivity index (χ0) is 23.3. The predicted molar refractivity (Wildman–Crippen MR) is 131 cm³/mol. The van der Waals surface area contributed by atoms with Gasteiger partial charge in [0.15, 0.2) is 0 Å². The molecule has 0 N–H and O–H groups in total. The first kappa shape index (κ1) is 24.6. The third-order valence-electron chi connectivity index (χ3n) is 5.66.